The van der Waals surface area contributed by atoms with Crippen molar-refractivity contribution in [2.45, 2.75) is 36.6 Å². The van der Waals surface area contributed by atoms with E-state index in [1.165, 1.54) is 91.0 Å². The van der Waals surface area contributed by atoms with Gasteiger partial charge in [-0.05, 0) is 120 Å². The van der Waals surface area contributed by atoms with Crippen LogP contribution in [0.1, 0.15) is 95.4 Å². The molecule has 8 aromatic rings. The summed E-state index contributed by atoms with van der Waals surface area (Å²) >= 11 is 0. The molecule has 1 fully saturated rings. The van der Waals surface area contributed by atoms with E-state index in [1.54, 1.807) is 60.7 Å². The van der Waals surface area contributed by atoms with Crippen LogP contribution in [0.3, 0.4) is 0 Å². The van der Waals surface area contributed by atoms with Crippen LogP contribution in [0.4, 0.5) is 0 Å². The molecule has 10 rings (SSSR count). The quantitative estimate of drug-likeness (QED) is 0.0401. The van der Waals surface area contributed by atoms with Gasteiger partial charge in [-0.2, -0.15) is 0 Å². The number of ketones is 2. The molecule has 11 N–H and O–H groups in total. The minimum absolute atomic E-state index is 0.0110. The van der Waals surface area contributed by atoms with Crippen molar-refractivity contribution < 1.29 is 75.2 Å². The molecule has 0 aliphatic carbocycles. The average Bonchev–Trinajstić information content (AvgIpc) is 3.78. The molecular weight excluding hydrogens is 961 g/mol. The second-order valence-electron chi connectivity index (χ2n) is 18.7. The fourth-order valence-corrected chi connectivity index (χ4v) is 10.5. The van der Waals surface area contributed by atoms with E-state index in [-0.39, 0.29) is 80.2 Å². The Kier molecular flexibility index (Phi) is 12.9. The number of phenolic OH excluding ortho intramolecular Hbond substituents is 11. The van der Waals surface area contributed by atoms with Crippen molar-refractivity contribution in [2.75, 3.05) is 0 Å². The van der Waals surface area contributed by atoms with Crippen LogP contribution in [0.2, 0.25) is 0 Å². The summed E-state index contributed by atoms with van der Waals surface area (Å²) in [5.74, 6) is -7.78. The number of carbonyl (C=O) groups is 2. The summed E-state index contributed by atoms with van der Waals surface area (Å²) in [5.41, 5.74) is 2.79. The largest absolute Gasteiger partial charge is 0.508 e. The van der Waals surface area contributed by atoms with Crippen molar-refractivity contribution >= 4 is 17.6 Å². The Morgan fingerprint density at radius 1 is 0.440 bits per heavy atom. The normalized spacial score (nSPS) is 20.1. The van der Waals surface area contributed by atoms with Crippen molar-refractivity contribution in [3.8, 4) is 69.0 Å². The van der Waals surface area contributed by atoms with E-state index in [0.717, 1.165) is 18.2 Å². The van der Waals surface area contributed by atoms with Gasteiger partial charge in [0.2, 0.25) is 0 Å². The maximum atomic E-state index is 15.1. The zero-order valence-electron chi connectivity index (χ0n) is 39.5. The molecule has 0 spiro atoms. The van der Waals surface area contributed by atoms with E-state index in [1.807, 2.05) is 0 Å². The molecule has 0 bridgehead atoms. The van der Waals surface area contributed by atoms with Gasteiger partial charge in [-0.15, -0.1) is 0 Å². The zero-order chi connectivity index (χ0) is 52.8. The summed E-state index contributed by atoms with van der Waals surface area (Å²) in [6.45, 7) is 0. The first kappa shape index (κ1) is 49.0. The van der Waals surface area contributed by atoms with Crippen LogP contribution in [0, 0.1) is 11.8 Å². The standard InChI is InChI=1S/C60H48O15/c61-34-9-1-30(2-10-34)24-46-56(57(73)41-19-16-38(65)26-50(41)70)59(33-7-13-36(63)14-8-33)75-60(46)45-28-44(51(71)29-52(45)72)54-42-20-17-39(66)27-53(42)74-58(32-5-11-35(62)12-6-32)55(54)43-23-31(4-22-48(43)68)3-21-47(67)40-18-15-37(64)25-49(40)69/h1-23,25-29,46,54-56,58-66,68-72H,24H2/t46-,54+,55+,56+,58-,59-,60-/m1/s1. The molecule has 0 radical (unpaired) electrons. The van der Waals surface area contributed by atoms with Crippen molar-refractivity contribution in [3.63, 3.8) is 0 Å². The van der Waals surface area contributed by atoms with Gasteiger partial charge >= 0.3 is 0 Å². The van der Waals surface area contributed by atoms with Crippen molar-refractivity contribution in [3.05, 3.63) is 219 Å². The van der Waals surface area contributed by atoms with Crippen LogP contribution in [0.25, 0.3) is 6.08 Å². The first-order valence-corrected chi connectivity index (χ1v) is 23.7. The number of rotatable bonds is 12. The van der Waals surface area contributed by atoms with Crippen LogP contribution in [0.5, 0.6) is 69.0 Å². The van der Waals surface area contributed by atoms with Gasteiger partial charge in [-0.1, -0.05) is 54.6 Å². The fraction of sp³-hybridized carbons (Fsp3) is 0.133. The van der Waals surface area contributed by atoms with E-state index < -0.39 is 76.5 Å². The molecule has 0 aromatic heterocycles. The second kappa shape index (κ2) is 19.8. The molecule has 7 atom stereocenters. The monoisotopic (exact) mass is 1010 g/mol. The molecule has 1 saturated heterocycles. The molecule has 2 heterocycles. The summed E-state index contributed by atoms with van der Waals surface area (Å²) < 4.78 is 13.7. The van der Waals surface area contributed by atoms with Gasteiger partial charge in [0.15, 0.2) is 11.6 Å². The molecule has 378 valence electrons. The Morgan fingerprint density at radius 3 is 1.61 bits per heavy atom. The smallest absolute Gasteiger partial charge is 0.189 e. The number of carbonyl (C=O) groups excluding carboxylic acids is 2. The minimum atomic E-state index is -1.18. The maximum absolute atomic E-state index is 15.1. The highest BCUT2D eigenvalue weighted by molar-refractivity contribution is 6.08. The third kappa shape index (κ3) is 9.63. The Morgan fingerprint density at radius 2 is 0.987 bits per heavy atom. The van der Waals surface area contributed by atoms with Crippen molar-refractivity contribution in [2.24, 2.45) is 11.8 Å². The lowest BCUT2D eigenvalue weighted by molar-refractivity contribution is 0.0253. The minimum Gasteiger partial charge on any atom is -0.508 e. The molecule has 15 heteroatoms. The molecule has 0 amide bonds. The molecule has 0 unspecified atom stereocenters. The van der Waals surface area contributed by atoms with E-state index >= 15 is 4.79 Å². The molecular formula is C60H48O15. The molecule has 15 nitrogen and oxygen atoms in total. The number of benzene rings is 8. The van der Waals surface area contributed by atoms with E-state index in [2.05, 4.69) is 0 Å². The van der Waals surface area contributed by atoms with Gasteiger partial charge in [-0.25, -0.2) is 0 Å². The van der Waals surface area contributed by atoms with E-state index in [0.29, 0.717) is 27.8 Å². The third-order valence-corrected chi connectivity index (χ3v) is 14.0. The maximum Gasteiger partial charge on any atom is 0.189 e. The zero-order valence-corrected chi connectivity index (χ0v) is 39.5. The van der Waals surface area contributed by atoms with Crippen LogP contribution < -0.4 is 4.74 Å². The number of phenols is 11. The topological polar surface area (TPSA) is 275 Å². The Bertz CT molecular complexity index is 3520. The number of hydrogen-bond acceptors (Lipinski definition) is 15. The van der Waals surface area contributed by atoms with Gasteiger partial charge in [0.25, 0.3) is 0 Å². The number of aromatic hydroxyl groups is 11. The molecule has 2 aliphatic heterocycles. The first-order valence-electron chi connectivity index (χ1n) is 23.7. The number of allylic oxidation sites excluding steroid dienone is 1. The van der Waals surface area contributed by atoms with E-state index in [4.69, 9.17) is 9.47 Å². The van der Waals surface area contributed by atoms with Crippen LogP contribution in [-0.4, -0.2) is 67.7 Å². The number of hydrogen-bond donors (Lipinski definition) is 11. The van der Waals surface area contributed by atoms with Gasteiger partial charge in [0.05, 0.1) is 29.3 Å². The Balaban J connectivity index is 1.16. The predicted molar refractivity (Wildman–Crippen MR) is 273 cm³/mol. The molecule has 0 saturated carbocycles. The predicted octanol–water partition coefficient (Wildman–Crippen LogP) is 10.6. The van der Waals surface area contributed by atoms with Crippen molar-refractivity contribution in [1.29, 1.82) is 0 Å². The van der Waals surface area contributed by atoms with Crippen LogP contribution >= 0.6 is 0 Å². The number of Topliss-reactive ketones (excluding diaryl/α,β-unsaturated/α-hetero) is 1. The highest BCUT2D eigenvalue weighted by Gasteiger charge is 2.51. The summed E-state index contributed by atoms with van der Waals surface area (Å²) in [4.78, 5) is 28.4. The summed E-state index contributed by atoms with van der Waals surface area (Å²) in [6.07, 6.45) is -0.536. The van der Waals surface area contributed by atoms with Gasteiger partial charge < -0.3 is 65.6 Å². The number of ether oxygens (including phenoxy) is 2. The Labute approximate surface area is 428 Å². The molecule has 8 aromatic carbocycles. The lowest BCUT2D eigenvalue weighted by Crippen LogP contribution is -2.30. The lowest BCUT2D eigenvalue weighted by Gasteiger charge is -2.41. The van der Waals surface area contributed by atoms with Gasteiger partial charge in [0.1, 0.15) is 75.1 Å². The lowest BCUT2D eigenvalue weighted by atomic mass is 9.69. The molecule has 75 heavy (non-hydrogen) atoms. The first-order chi connectivity index (χ1) is 36.0. The third-order valence-electron chi connectivity index (χ3n) is 14.0. The highest BCUT2D eigenvalue weighted by Crippen LogP contribution is 2.60. The second-order valence-corrected chi connectivity index (χ2v) is 18.7. The SMILES string of the molecule is O=C(C=Cc1ccc(O)c([C@H]2[C@H](c3cc([C@H]4O[C@H](c5ccc(O)cc5)[C@H](C(=O)c5ccc(O)cc5O)[C@H]4Cc4ccc(O)cc4)c(O)cc3O)c3ccc(O)cc3O[C@@H]2c2ccc(O)cc2)c1)c1ccc(O)cc1O. The molecule has 2 aliphatic rings. The van der Waals surface area contributed by atoms with E-state index in [9.17, 15) is 61.0 Å². The van der Waals surface area contributed by atoms with Crippen LogP contribution in [0.15, 0.2) is 164 Å². The van der Waals surface area contributed by atoms with Crippen LogP contribution in [-0.2, 0) is 11.2 Å². The van der Waals surface area contributed by atoms with Gasteiger partial charge in [-0.3, -0.25) is 9.59 Å². The highest BCUT2D eigenvalue weighted by atomic mass is 16.5. The Hall–Kier alpha value is -9.60. The average molecular weight is 1010 g/mol. The summed E-state index contributed by atoms with van der Waals surface area (Å²) in [6, 6.07) is 37.4. The van der Waals surface area contributed by atoms with Gasteiger partial charge in [0, 0.05) is 64.3 Å². The number of fused-ring (bicyclic) bond motifs is 1. The fourth-order valence-electron chi connectivity index (χ4n) is 10.5. The summed E-state index contributed by atoms with van der Waals surface area (Å²) in [7, 11) is 0. The van der Waals surface area contributed by atoms with Crippen molar-refractivity contribution in [1.82, 2.24) is 0 Å². The summed E-state index contributed by atoms with van der Waals surface area (Å²) in [5, 5.41) is 120.